The second-order valence-corrected chi connectivity index (χ2v) is 13.1. The van der Waals surface area contributed by atoms with Gasteiger partial charge in [-0.3, -0.25) is 13.9 Å². The van der Waals surface area contributed by atoms with Gasteiger partial charge >= 0.3 is 0 Å². The van der Waals surface area contributed by atoms with Crippen molar-refractivity contribution in [2.24, 2.45) is 0 Å². The SMILES string of the molecule is CCCCNC(=O)C(Cc1ccccc1)N(Cc1cccc(OC)c1)C(=O)CN(c1ccc(OC)c(Cl)c1)S(=O)(=O)c1ccccc1. The summed E-state index contributed by atoms with van der Waals surface area (Å²) in [5, 5.41) is 3.17. The van der Waals surface area contributed by atoms with Gasteiger partial charge in [0.1, 0.15) is 24.1 Å². The zero-order valence-electron chi connectivity index (χ0n) is 26.8. The van der Waals surface area contributed by atoms with Crippen LogP contribution in [0.2, 0.25) is 5.02 Å². The van der Waals surface area contributed by atoms with Crippen LogP contribution in [0, 0.1) is 0 Å². The van der Waals surface area contributed by atoms with Crippen molar-refractivity contribution in [2.75, 3.05) is 31.6 Å². The Kier molecular flexibility index (Phi) is 12.7. The number of halogens is 1. The molecule has 2 amide bonds. The summed E-state index contributed by atoms with van der Waals surface area (Å²) in [5.74, 6) is 0.0301. The van der Waals surface area contributed by atoms with Gasteiger partial charge in [0.25, 0.3) is 10.0 Å². The van der Waals surface area contributed by atoms with Crippen LogP contribution in [-0.4, -0.2) is 58.5 Å². The van der Waals surface area contributed by atoms with E-state index in [4.69, 9.17) is 21.1 Å². The lowest BCUT2D eigenvalue weighted by molar-refractivity contribution is -0.140. The van der Waals surface area contributed by atoms with Gasteiger partial charge in [0.15, 0.2) is 0 Å². The summed E-state index contributed by atoms with van der Waals surface area (Å²) in [6, 6.07) is 28.1. The molecular weight excluding hydrogens is 638 g/mol. The Morgan fingerprint density at radius 2 is 1.53 bits per heavy atom. The fraction of sp³-hybridized carbons (Fsp3) is 0.278. The molecule has 4 aromatic rings. The van der Waals surface area contributed by atoms with E-state index in [1.807, 2.05) is 43.3 Å². The minimum atomic E-state index is -4.26. The van der Waals surface area contributed by atoms with E-state index in [2.05, 4.69) is 5.32 Å². The molecule has 0 spiro atoms. The highest BCUT2D eigenvalue weighted by Crippen LogP contribution is 2.32. The van der Waals surface area contributed by atoms with Gasteiger partial charge in [0, 0.05) is 19.5 Å². The smallest absolute Gasteiger partial charge is 0.264 e. The molecule has 11 heteroatoms. The number of nitrogens with one attached hydrogen (secondary N) is 1. The molecule has 9 nitrogen and oxygen atoms in total. The molecule has 0 aromatic heterocycles. The van der Waals surface area contributed by atoms with Crippen LogP contribution in [0.25, 0.3) is 0 Å². The molecule has 248 valence electrons. The van der Waals surface area contributed by atoms with E-state index in [9.17, 15) is 18.0 Å². The maximum Gasteiger partial charge on any atom is 0.264 e. The molecule has 0 saturated carbocycles. The molecule has 4 rings (SSSR count). The molecule has 0 heterocycles. The normalized spacial score (nSPS) is 11.7. The zero-order chi connectivity index (χ0) is 33.8. The average Bonchev–Trinajstić information content (AvgIpc) is 3.09. The van der Waals surface area contributed by atoms with Crippen molar-refractivity contribution in [2.45, 2.75) is 43.7 Å². The van der Waals surface area contributed by atoms with Crippen molar-refractivity contribution in [3.63, 3.8) is 0 Å². The third kappa shape index (κ3) is 9.27. The van der Waals surface area contributed by atoms with E-state index < -0.39 is 28.5 Å². The van der Waals surface area contributed by atoms with Crippen molar-refractivity contribution in [3.8, 4) is 11.5 Å². The van der Waals surface area contributed by atoms with Gasteiger partial charge in [0.2, 0.25) is 11.8 Å². The highest BCUT2D eigenvalue weighted by Gasteiger charge is 2.34. The van der Waals surface area contributed by atoms with Crippen molar-refractivity contribution in [1.82, 2.24) is 10.2 Å². The van der Waals surface area contributed by atoms with Gasteiger partial charge in [0.05, 0.1) is 29.8 Å². The minimum absolute atomic E-state index is 0.00256. The Morgan fingerprint density at radius 1 is 0.851 bits per heavy atom. The summed E-state index contributed by atoms with van der Waals surface area (Å²) in [5.41, 5.74) is 1.73. The monoisotopic (exact) mass is 677 g/mol. The van der Waals surface area contributed by atoms with E-state index in [-0.39, 0.29) is 34.5 Å². The molecule has 0 bridgehead atoms. The van der Waals surface area contributed by atoms with Gasteiger partial charge in [-0.1, -0.05) is 85.6 Å². The number of hydrogen-bond donors (Lipinski definition) is 1. The Balaban J connectivity index is 1.81. The molecule has 1 unspecified atom stereocenters. The number of sulfonamides is 1. The maximum atomic E-state index is 14.6. The van der Waals surface area contributed by atoms with E-state index in [0.717, 1.165) is 22.7 Å². The van der Waals surface area contributed by atoms with E-state index >= 15 is 0 Å². The second kappa shape index (κ2) is 16.9. The maximum absolute atomic E-state index is 14.6. The Morgan fingerprint density at radius 3 is 2.17 bits per heavy atom. The number of amides is 2. The number of methoxy groups -OCH3 is 2. The number of nitrogens with zero attached hydrogens (tertiary/aromatic N) is 2. The highest BCUT2D eigenvalue weighted by molar-refractivity contribution is 7.92. The van der Waals surface area contributed by atoms with Crippen LogP contribution in [-0.2, 0) is 32.6 Å². The molecular formula is C36H40ClN3O6S. The van der Waals surface area contributed by atoms with Crippen LogP contribution in [0.1, 0.15) is 30.9 Å². The molecule has 0 fully saturated rings. The first-order valence-corrected chi connectivity index (χ1v) is 17.1. The summed E-state index contributed by atoms with van der Waals surface area (Å²) < 4.78 is 40.0. The Labute approximate surface area is 282 Å². The molecule has 1 atom stereocenters. The molecule has 0 aliphatic heterocycles. The number of carbonyl (C=O) groups excluding carboxylic acids is 2. The number of ether oxygens (including phenoxy) is 2. The number of carbonyl (C=O) groups is 2. The van der Waals surface area contributed by atoms with E-state index in [1.54, 1.807) is 49.6 Å². The summed E-state index contributed by atoms with van der Waals surface area (Å²) in [7, 11) is -1.25. The quantitative estimate of drug-likeness (QED) is 0.144. The first-order chi connectivity index (χ1) is 22.7. The number of rotatable bonds is 16. The van der Waals surface area contributed by atoms with Crippen molar-refractivity contribution >= 4 is 39.1 Å². The number of unbranched alkanes of at least 4 members (excludes halogenated alkanes) is 1. The summed E-state index contributed by atoms with van der Waals surface area (Å²) >= 11 is 6.44. The molecule has 0 radical (unpaired) electrons. The predicted molar refractivity (Wildman–Crippen MR) is 184 cm³/mol. The molecule has 47 heavy (non-hydrogen) atoms. The van der Waals surface area contributed by atoms with Crippen LogP contribution in [0.3, 0.4) is 0 Å². The first kappa shape index (κ1) is 35.3. The lowest BCUT2D eigenvalue weighted by Gasteiger charge is -2.34. The highest BCUT2D eigenvalue weighted by atomic mass is 35.5. The third-order valence-corrected chi connectivity index (χ3v) is 9.70. The van der Waals surface area contributed by atoms with E-state index in [0.29, 0.717) is 23.6 Å². The lowest BCUT2D eigenvalue weighted by Crippen LogP contribution is -2.53. The predicted octanol–water partition coefficient (Wildman–Crippen LogP) is 6.11. The summed E-state index contributed by atoms with van der Waals surface area (Å²) in [6.45, 7) is 1.90. The fourth-order valence-corrected chi connectivity index (χ4v) is 6.77. The minimum Gasteiger partial charge on any atom is -0.497 e. The van der Waals surface area contributed by atoms with Crippen LogP contribution >= 0.6 is 11.6 Å². The lowest BCUT2D eigenvalue weighted by atomic mass is 10.0. The molecule has 0 aliphatic carbocycles. The number of benzene rings is 4. The van der Waals surface area contributed by atoms with Crippen LogP contribution in [0.4, 0.5) is 5.69 Å². The summed E-state index contributed by atoms with van der Waals surface area (Å²) in [6.07, 6.45) is 1.87. The first-order valence-electron chi connectivity index (χ1n) is 15.3. The summed E-state index contributed by atoms with van der Waals surface area (Å²) in [4.78, 5) is 29.9. The molecule has 4 aromatic carbocycles. The van der Waals surface area contributed by atoms with Crippen molar-refractivity contribution < 1.29 is 27.5 Å². The zero-order valence-corrected chi connectivity index (χ0v) is 28.3. The topological polar surface area (TPSA) is 105 Å². The molecule has 0 aliphatic rings. The third-order valence-electron chi connectivity index (χ3n) is 7.62. The average molecular weight is 678 g/mol. The van der Waals surface area contributed by atoms with Crippen LogP contribution < -0.4 is 19.1 Å². The molecule has 0 saturated heterocycles. The van der Waals surface area contributed by atoms with Crippen LogP contribution in [0.15, 0.2) is 108 Å². The van der Waals surface area contributed by atoms with Gasteiger partial charge in [-0.15, -0.1) is 0 Å². The second-order valence-electron chi connectivity index (χ2n) is 10.9. The Hall–Kier alpha value is -4.54. The van der Waals surface area contributed by atoms with Crippen LogP contribution in [0.5, 0.6) is 11.5 Å². The van der Waals surface area contributed by atoms with Gasteiger partial charge < -0.3 is 19.7 Å². The van der Waals surface area contributed by atoms with Crippen molar-refractivity contribution in [3.05, 3.63) is 119 Å². The standard InChI is InChI=1S/C36H40ClN3O6S/c1-4-5-21-38-36(42)33(23-27-13-8-6-9-14-27)39(25-28-15-12-16-30(22-28)45-2)35(41)26-40(29-19-20-34(46-3)32(37)24-29)47(43,44)31-17-10-7-11-18-31/h6-20,22,24,33H,4-5,21,23,25-26H2,1-3H3,(H,38,42). The van der Waals surface area contributed by atoms with Gasteiger partial charge in [-0.05, 0) is 60.0 Å². The van der Waals surface area contributed by atoms with Gasteiger partial charge in [-0.25, -0.2) is 8.42 Å². The van der Waals surface area contributed by atoms with E-state index in [1.165, 1.54) is 36.3 Å². The largest absolute Gasteiger partial charge is 0.497 e. The Bertz CT molecular complexity index is 1740. The number of hydrogen-bond acceptors (Lipinski definition) is 6. The molecule has 1 N–H and O–H groups in total. The van der Waals surface area contributed by atoms with Gasteiger partial charge in [-0.2, -0.15) is 0 Å². The fourth-order valence-electron chi connectivity index (χ4n) is 5.09. The number of anilines is 1. The van der Waals surface area contributed by atoms with Crippen molar-refractivity contribution in [1.29, 1.82) is 0 Å².